The summed E-state index contributed by atoms with van der Waals surface area (Å²) in [5.41, 5.74) is 3.06. The third-order valence-corrected chi connectivity index (χ3v) is 2.37. The predicted octanol–water partition coefficient (Wildman–Crippen LogP) is 0.867. The Bertz CT molecular complexity index is 360. The normalized spacial score (nSPS) is 15.8. The third kappa shape index (κ3) is 1.31. The van der Waals surface area contributed by atoms with Crippen molar-refractivity contribution in [2.24, 2.45) is 5.84 Å². The molecule has 0 atom stereocenters. The minimum Gasteiger partial charge on any atom is -0.276 e. The van der Waals surface area contributed by atoms with Crippen LogP contribution in [-0.2, 0) is 6.42 Å². The SMILES string of the molecule is Cc1ccc2c(c1)CCN(N)C2=O. The number of aryl methyl sites for hydroxylation is 1. The second-order valence-electron chi connectivity index (χ2n) is 3.41. The van der Waals surface area contributed by atoms with Crippen molar-refractivity contribution in [2.75, 3.05) is 6.54 Å². The first-order valence-electron chi connectivity index (χ1n) is 4.34. The lowest BCUT2D eigenvalue weighted by molar-refractivity contribution is 0.0740. The molecule has 0 spiro atoms. The van der Waals surface area contributed by atoms with Gasteiger partial charge in [-0.25, -0.2) is 5.84 Å². The third-order valence-electron chi connectivity index (χ3n) is 2.37. The molecular weight excluding hydrogens is 164 g/mol. The molecule has 0 unspecified atom stereocenters. The second kappa shape index (κ2) is 2.85. The largest absolute Gasteiger partial charge is 0.276 e. The molecule has 3 heteroatoms. The van der Waals surface area contributed by atoms with Gasteiger partial charge in [0, 0.05) is 12.1 Å². The first-order chi connectivity index (χ1) is 6.18. The average molecular weight is 176 g/mol. The Morgan fingerprint density at radius 3 is 3.00 bits per heavy atom. The summed E-state index contributed by atoms with van der Waals surface area (Å²) in [6.45, 7) is 2.65. The van der Waals surface area contributed by atoms with Gasteiger partial charge < -0.3 is 0 Å². The highest BCUT2D eigenvalue weighted by molar-refractivity contribution is 5.96. The van der Waals surface area contributed by atoms with Crippen LogP contribution in [0.25, 0.3) is 0 Å². The van der Waals surface area contributed by atoms with E-state index in [1.807, 2.05) is 19.1 Å². The molecule has 0 aromatic heterocycles. The van der Waals surface area contributed by atoms with Crippen molar-refractivity contribution in [3.05, 3.63) is 34.9 Å². The maximum absolute atomic E-state index is 11.5. The Morgan fingerprint density at radius 1 is 1.46 bits per heavy atom. The summed E-state index contributed by atoms with van der Waals surface area (Å²) >= 11 is 0. The molecule has 2 N–H and O–H groups in total. The van der Waals surface area contributed by atoms with Crippen LogP contribution < -0.4 is 5.84 Å². The maximum Gasteiger partial charge on any atom is 0.268 e. The summed E-state index contributed by atoms with van der Waals surface area (Å²) in [5, 5.41) is 1.28. The molecule has 1 aromatic rings. The Morgan fingerprint density at radius 2 is 2.23 bits per heavy atom. The average Bonchev–Trinajstić information content (AvgIpc) is 2.12. The maximum atomic E-state index is 11.5. The topological polar surface area (TPSA) is 46.3 Å². The van der Waals surface area contributed by atoms with Gasteiger partial charge >= 0.3 is 0 Å². The van der Waals surface area contributed by atoms with Crippen molar-refractivity contribution in [2.45, 2.75) is 13.3 Å². The summed E-state index contributed by atoms with van der Waals surface area (Å²) < 4.78 is 0. The van der Waals surface area contributed by atoms with Crippen LogP contribution in [0.3, 0.4) is 0 Å². The van der Waals surface area contributed by atoms with E-state index >= 15 is 0 Å². The van der Waals surface area contributed by atoms with Gasteiger partial charge in [-0.2, -0.15) is 0 Å². The minimum absolute atomic E-state index is 0.0683. The van der Waals surface area contributed by atoms with Crippen LogP contribution in [0.1, 0.15) is 21.5 Å². The van der Waals surface area contributed by atoms with E-state index < -0.39 is 0 Å². The summed E-state index contributed by atoms with van der Waals surface area (Å²) in [5.74, 6) is 5.45. The molecule has 0 radical (unpaired) electrons. The van der Waals surface area contributed by atoms with Gasteiger partial charge in [0.2, 0.25) is 0 Å². The van der Waals surface area contributed by atoms with Crippen LogP contribution in [-0.4, -0.2) is 17.5 Å². The smallest absolute Gasteiger partial charge is 0.268 e. The highest BCUT2D eigenvalue weighted by Gasteiger charge is 2.21. The quantitative estimate of drug-likeness (QED) is 0.471. The van der Waals surface area contributed by atoms with Crippen molar-refractivity contribution in [3.8, 4) is 0 Å². The van der Waals surface area contributed by atoms with Crippen molar-refractivity contribution >= 4 is 5.91 Å². The van der Waals surface area contributed by atoms with Crippen LogP contribution in [0, 0.1) is 6.92 Å². The van der Waals surface area contributed by atoms with E-state index in [2.05, 4.69) is 6.07 Å². The molecule has 13 heavy (non-hydrogen) atoms. The Hall–Kier alpha value is -1.35. The first kappa shape index (κ1) is 8.26. The van der Waals surface area contributed by atoms with E-state index in [-0.39, 0.29) is 5.91 Å². The fourth-order valence-corrected chi connectivity index (χ4v) is 1.64. The Balaban J connectivity index is 2.50. The van der Waals surface area contributed by atoms with E-state index in [1.165, 1.54) is 10.6 Å². The van der Waals surface area contributed by atoms with Gasteiger partial charge in [0.1, 0.15) is 0 Å². The predicted molar refractivity (Wildman–Crippen MR) is 50.1 cm³/mol. The van der Waals surface area contributed by atoms with E-state index in [9.17, 15) is 4.79 Å². The van der Waals surface area contributed by atoms with Gasteiger partial charge in [-0.05, 0) is 25.0 Å². The van der Waals surface area contributed by atoms with E-state index in [1.54, 1.807) is 0 Å². The number of carbonyl (C=O) groups is 1. The van der Waals surface area contributed by atoms with E-state index in [0.717, 1.165) is 17.5 Å². The van der Waals surface area contributed by atoms with Crippen molar-refractivity contribution in [1.29, 1.82) is 0 Å². The Labute approximate surface area is 77.1 Å². The molecular formula is C10H12N2O. The highest BCUT2D eigenvalue weighted by Crippen LogP contribution is 2.18. The van der Waals surface area contributed by atoms with Crippen molar-refractivity contribution in [1.82, 2.24) is 5.01 Å². The fraction of sp³-hybridized carbons (Fsp3) is 0.300. The monoisotopic (exact) mass is 176 g/mol. The summed E-state index contributed by atoms with van der Waals surface area (Å²) in [6.07, 6.45) is 0.860. The number of nitrogens with zero attached hydrogens (tertiary/aromatic N) is 1. The van der Waals surface area contributed by atoms with Crippen molar-refractivity contribution in [3.63, 3.8) is 0 Å². The van der Waals surface area contributed by atoms with Gasteiger partial charge in [-0.15, -0.1) is 0 Å². The first-order valence-corrected chi connectivity index (χ1v) is 4.34. The molecule has 0 bridgehead atoms. The van der Waals surface area contributed by atoms with Crippen LogP contribution in [0.15, 0.2) is 18.2 Å². The second-order valence-corrected chi connectivity index (χ2v) is 3.41. The van der Waals surface area contributed by atoms with Crippen LogP contribution in [0.2, 0.25) is 0 Å². The highest BCUT2D eigenvalue weighted by atomic mass is 16.2. The number of rotatable bonds is 0. The zero-order valence-corrected chi connectivity index (χ0v) is 7.58. The van der Waals surface area contributed by atoms with Crippen molar-refractivity contribution < 1.29 is 4.79 Å². The molecule has 68 valence electrons. The Kier molecular flexibility index (Phi) is 1.81. The summed E-state index contributed by atoms with van der Waals surface area (Å²) in [4.78, 5) is 11.5. The molecule has 1 aromatic carbocycles. The number of nitrogens with two attached hydrogens (primary N) is 1. The molecule has 0 saturated heterocycles. The van der Waals surface area contributed by atoms with Crippen LogP contribution >= 0.6 is 0 Å². The van der Waals surface area contributed by atoms with Gasteiger partial charge in [0.15, 0.2) is 0 Å². The molecule has 1 amide bonds. The number of hydrazine groups is 1. The lowest BCUT2D eigenvalue weighted by Crippen LogP contribution is -2.42. The summed E-state index contributed by atoms with van der Waals surface area (Å²) in [7, 11) is 0. The summed E-state index contributed by atoms with van der Waals surface area (Å²) in [6, 6.07) is 5.85. The molecule has 0 aliphatic carbocycles. The zero-order chi connectivity index (χ0) is 9.42. The van der Waals surface area contributed by atoms with Gasteiger partial charge in [-0.3, -0.25) is 9.80 Å². The van der Waals surface area contributed by atoms with Gasteiger partial charge in [0.05, 0.1) is 0 Å². The van der Waals surface area contributed by atoms with Crippen LogP contribution in [0.4, 0.5) is 0 Å². The molecule has 3 nitrogen and oxygen atoms in total. The number of fused-ring (bicyclic) bond motifs is 1. The number of amides is 1. The minimum atomic E-state index is -0.0683. The number of benzene rings is 1. The molecule has 2 rings (SSSR count). The lowest BCUT2D eigenvalue weighted by Gasteiger charge is -2.24. The van der Waals surface area contributed by atoms with E-state index in [0.29, 0.717) is 6.54 Å². The van der Waals surface area contributed by atoms with Gasteiger partial charge in [-0.1, -0.05) is 17.7 Å². The fourth-order valence-electron chi connectivity index (χ4n) is 1.64. The molecule has 1 aliphatic heterocycles. The van der Waals surface area contributed by atoms with E-state index in [4.69, 9.17) is 5.84 Å². The standard InChI is InChI=1S/C10H12N2O/c1-7-2-3-9-8(6-7)4-5-12(11)10(9)13/h2-3,6H,4-5,11H2,1H3. The van der Waals surface area contributed by atoms with Gasteiger partial charge in [0.25, 0.3) is 5.91 Å². The molecule has 1 aliphatic rings. The molecule has 1 heterocycles. The zero-order valence-electron chi connectivity index (χ0n) is 7.58. The van der Waals surface area contributed by atoms with Crippen LogP contribution in [0.5, 0.6) is 0 Å². The number of carbonyl (C=O) groups excluding carboxylic acids is 1. The lowest BCUT2D eigenvalue weighted by atomic mass is 9.98. The molecule has 0 saturated carbocycles. The number of hydrogen-bond donors (Lipinski definition) is 1. The number of hydrogen-bond acceptors (Lipinski definition) is 2. The molecule has 0 fully saturated rings.